The molecule has 0 N–H and O–H groups in total. The Kier molecular flexibility index (Phi) is 5.29. The van der Waals surface area contributed by atoms with E-state index in [0.29, 0.717) is 12.5 Å². The quantitative estimate of drug-likeness (QED) is 0.765. The molecule has 2 aromatic rings. The summed E-state index contributed by atoms with van der Waals surface area (Å²) in [5, 5.41) is 5.24. The van der Waals surface area contributed by atoms with Gasteiger partial charge in [0.2, 0.25) is 0 Å². The minimum absolute atomic E-state index is 0.445. The summed E-state index contributed by atoms with van der Waals surface area (Å²) in [4.78, 5) is 0. The van der Waals surface area contributed by atoms with Gasteiger partial charge in [-0.15, -0.1) is 0 Å². The fraction of sp³-hybridized carbons (Fsp3) is 0.471. The summed E-state index contributed by atoms with van der Waals surface area (Å²) >= 11 is 6.38. The van der Waals surface area contributed by atoms with E-state index in [1.807, 2.05) is 16.8 Å². The van der Waals surface area contributed by atoms with Crippen molar-refractivity contribution in [1.82, 2.24) is 9.78 Å². The second-order valence-electron chi connectivity index (χ2n) is 5.39. The van der Waals surface area contributed by atoms with Gasteiger partial charge >= 0.3 is 0 Å². The summed E-state index contributed by atoms with van der Waals surface area (Å²) in [6, 6.07) is 8.24. The van der Waals surface area contributed by atoms with Gasteiger partial charge in [-0.05, 0) is 37.0 Å². The smallest absolute Gasteiger partial charge is 0.131 e. The third kappa shape index (κ3) is 3.59. The molecule has 2 rings (SSSR count). The molecular weight excluding hydrogens is 284 g/mol. The van der Waals surface area contributed by atoms with Crippen LogP contribution in [0.5, 0.6) is 5.75 Å². The number of ether oxygens (including phenoxy) is 1. The number of hydrogen-bond acceptors (Lipinski definition) is 2. The van der Waals surface area contributed by atoms with Gasteiger partial charge in [-0.2, -0.15) is 5.10 Å². The fourth-order valence-electron chi connectivity index (χ4n) is 2.26. The van der Waals surface area contributed by atoms with Crippen LogP contribution in [0.15, 0.2) is 24.3 Å². The van der Waals surface area contributed by atoms with E-state index >= 15 is 0 Å². The van der Waals surface area contributed by atoms with Crippen LogP contribution >= 0.6 is 11.6 Å². The molecular formula is C17H23ClN2O. The summed E-state index contributed by atoms with van der Waals surface area (Å²) in [6.45, 7) is 9.72. The average molecular weight is 307 g/mol. The van der Waals surface area contributed by atoms with Crippen molar-refractivity contribution in [2.24, 2.45) is 0 Å². The number of hydrogen-bond donors (Lipinski definition) is 0. The molecule has 0 spiro atoms. The number of aryl methyl sites for hydroxylation is 2. The van der Waals surface area contributed by atoms with Gasteiger partial charge in [0.05, 0.1) is 16.4 Å². The summed E-state index contributed by atoms with van der Waals surface area (Å²) in [6.07, 6.45) is 0.835. The van der Waals surface area contributed by atoms with Crippen LogP contribution in [0.3, 0.4) is 0 Å². The van der Waals surface area contributed by atoms with Gasteiger partial charge in [0.1, 0.15) is 12.4 Å². The Morgan fingerprint density at radius 3 is 2.38 bits per heavy atom. The normalized spacial score (nSPS) is 11.1. The lowest BCUT2D eigenvalue weighted by Crippen LogP contribution is -2.06. The summed E-state index contributed by atoms with van der Waals surface area (Å²) < 4.78 is 7.78. The number of rotatable bonds is 6. The molecule has 0 aliphatic rings. The first-order chi connectivity index (χ1) is 10.1. The minimum Gasteiger partial charge on any atom is -0.487 e. The van der Waals surface area contributed by atoms with Crippen molar-refractivity contribution in [1.29, 1.82) is 0 Å². The van der Waals surface area contributed by atoms with E-state index in [2.05, 4.69) is 44.9 Å². The molecule has 3 nitrogen and oxygen atoms in total. The Hall–Kier alpha value is -1.48. The van der Waals surface area contributed by atoms with E-state index in [1.54, 1.807) is 0 Å². The van der Waals surface area contributed by atoms with E-state index in [-0.39, 0.29) is 0 Å². The number of aromatic nitrogens is 2. The van der Waals surface area contributed by atoms with E-state index in [0.717, 1.165) is 35.1 Å². The van der Waals surface area contributed by atoms with Crippen molar-refractivity contribution in [3.05, 3.63) is 46.2 Å². The first-order valence-electron chi connectivity index (χ1n) is 7.53. The van der Waals surface area contributed by atoms with Crippen molar-refractivity contribution < 1.29 is 4.74 Å². The molecule has 0 aliphatic carbocycles. The standard InChI is InChI=1S/C17H23ClN2O/c1-5-15-17(18)16(20(6-2)19-15)11-21-14-9-7-13(8-10-14)12(3)4/h7-10,12H,5-6,11H2,1-4H3. The molecule has 0 unspecified atom stereocenters. The van der Waals surface area contributed by atoms with Gasteiger partial charge in [0.25, 0.3) is 0 Å². The van der Waals surface area contributed by atoms with Gasteiger partial charge in [-0.1, -0.05) is 44.5 Å². The topological polar surface area (TPSA) is 27.1 Å². The number of halogens is 1. The molecule has 0 atom stereocenters. The van der Waals surface area contributed by atoms with Crippen LogP contribution < -0.4 is 4.74 Å². The van der Waals surface area contributed by atoms with Crippen molar-refractivity contribution in [3.63, 3.8) is 0 Å². The van der Waals surface area contributed by atoms with Gasteiger partial charge in [-0.25, -0.2) is 0 Å². The van der Waals surface area contributed by atoms with Crippen LogP contribution in [0.25, 0.3) is 0 Å². The van der Waals surface area contributed by atoms with Crippen LogP contribution in [0, 0.1) is 0 Å². The summed E-state index contributed by atoms with van der Waals surface area (Å²) in [5.41, 5.74) is 3.20. The van der Waals surface area contributed by atoms with Gasteiger partial charge in [0, 0.05) is 6.54 Å². The highest BCUT2D eigenvalue weighted by Gasteiger charge is 2.14. The molecule has 1 aromatic heterocycles. The maximum absolute atomic E-state index is 6.38. The zero-order valence-corrected chi connectivity index (χ0v) is 13.9. The van der Waals surface area contributed by atoms with E-state index < -0.39 is 0 Å². The predicted octanol–water partition coefficient (Wildman–Crippen LogP) is 4.82. The lowest BCUT2D eigenvalue weighted by atomic mass is 10.0. The molecule has 21 heavy (non-hydrogen) atoms. The number of nitrogens with zero attached hydrogens (tertiary/aromatic N) is 2. The molecule has 0 radical (unpaired) electrons. The lowest BCUT2D eigenvalue weighted by molar-refractivity contribution is 0.292. The molecule has 0 saturated heterocycles. The Morgan fingerprint density at radius 2 is 1.86 bits per heavy atom. The maximum Gasteiger partial charge on any atom is 0.131 e. The van der Waals surface area contributed by atoms with Gasteiger partial charge < -0.3 is 4.74 Å². The Bertz CT molecular complexity index is 588. The van der Waals surface area contributed by atoms with Gasteiger partial charge in [-0.3, -0.25) is 4.68 Å². The van der Waals surface area contributed by atoms with Crippen LogP contribution in [0.1, 0.15) is 50.6 Å². The van der Waals surface area contributed by atoms with Crippen molar-refractivity contribution in [2.45, 2.75) is 53.2 Å². The fourth-order valence-corrected chi connectivity index (χ4v) is 2.58. The third-order valence-electron chi connectivity index (χ3n) is 3.62. The van der Waals surface area contributed by atoms with E-state index in [9.17, 15) is 0 Å². The van der Waals surface area contributed by atoms with E-state index in [4.69, 9.17) is 16.3 Å². The largest absolute Gasteiger partial charge is 0.487 e. The van der Waals surface area contributed by atoms with Crippen LogP contribution in [-0.2, 0) is 19.6 Å². The SMILES string of the molecule is CCc1nn(CC)c(COc2ccc(C(C)C)cc2)c1Cl. The van der Waals surface area contributed by atoms with Crippen LogP contribution in [0.2, 0.25) is 5.02 Å². The molecule has 1 heterocycles. The highest BCUT2D eigenvalue weighted by Crippen LogP contribution is 2.24. The second kappa shape index (κ2) is 6.99. The maximum atomic E-state index is 6.38. The van der Waals surface area contributed by atoms with Crippen LogP contribution in [0.4, 0.5) is 0 Å². The monoisotopic (exact) mass is 306 g/mol. The first kappa shape index (κ1) is 15.9. The molecule has 4 heteroatoms. The molecule has 0 bridgehead atoms. The van der Waals surface area contributed by atoms with Crippen LogP contribution in [-0.4, -0.2) is 9.78 Å². The molecule has 114 valence electrons. The van der Waals surface area contributed by atoms with Gasteiger partial charge in [0.15, 0.2) is 0 Å². The zero-order valence-electron chi connectivity index (χ0n) is 13.2. The molecule has 0 aliphatic heterocycles. The minimum atomic E-state index is 0.445. The van der Waals surface area contributed by atoms with Crippen molar-refractivity contribution in [3.8, 4) is 5.75 Å². The van der Waals surface area contributed by atoms with E-state index in [1.165, 1.54) is 5.56 Å². The third-order valence-corrected chi connectivity index (χ3v) is 4.05. The van der Waals surface area contributed by atoms with Crippen molar-refractivity contribution in [2.75, 3.05) is 0 Å². The predicted molar refractivity (Wildman–Crippen MR) is 87.2 cm³/mol. The molecule has 0 amide bonds. The highest BCUT2D eigenvalue weighted by molar-refractivity contribution is 6.31. The highest BCUT2D eigenvalue weighted by atomic mass is 35.5. The summed E-state index contributed by atoms with van der Waals surface area (Å²) in [7, 11) is 0. The first-order valence-corrected chi connectivity index (χ1v) is 7.91. The molecule has 1 aromatic carbocycles. The average Bonchev–Trinajstić information content (AvgIpc) is 2.81. The molecule has 0 fully saturated rings. The summed E-state index contributed by atoms with van der Waals surface area (Å²) in [5.74, 6) is 1.39. The Balaban J connectivity index is 2.10. The molecule has 0 saturated carbocycles. The van der Waals surface area contributed by atoms with Crippen molar-refractivity contribution >= 4 is 11.6 Å². The second-order valence-corrected chi connectivity index (χ2v) is 5.77. The Morgan fingerprint density at radius 1 is 1.19 bits per heavy atom. The Labute approximate surface area is 131 Å². The lowest BCUT2D eigenvalue weighted by Gasteiger charge is -2.10. The zero-order chi connectivity index (χ0) is 15.4. The number of benzene rings is 1.